The van der Waals surface area contributed by atoms with Crippen LogP contribution >= 0.6 is 0 Å². The van der Waals surface area contributed by atoms with Crippen molar-refractivity contribution in [2.24, 2.45) is 0 Å². The van der Waals surface area contributed by atoms with Crippen molar-refractivity contribution in [3.8, 4) is 5.75 Å². The Hall–Kier alpha value is -1.58. The number of benzene rings is 1. The number of halogens is 1. The summed E-state index contributed by atoms with van der Waals surface area (Å²) < 4.78 is 19.0. The van der Waals surface area contributed by atoms with Gasteiger partial charge in [-0.3, -0.25) is 0 Å². The third-order valence-corrected chi connectivity index (χ3v) is 3.06. The number of carboxylic acid groups (broad SMARTS) is 1. The molecule has 1 aromatic carbocycles. The van der Waals surface area contributed by atoms with Gasteiger partial charge in [0.1, 0.15) is 5.75 Å². The molecular formula is C12H13FO3. The number of carboxylic acids is 1. The molecule has 1 N–H and O–H groups in total. The van der Waals surface area contributed by atoms with Crippen LogP contribution in [0.15, 0.2) is 18.2 Å². The van der Waals surface area contributed by atoms with Gasteiger partial charge in [-0.2, -0.15) is 0 Å². The quantitative estimate of drug-likeness (QED) is 0.835. The zero-order chi connectivity index (χ0) is 11.8. The minimum Gasteiger partial charge on any atom is -0.497 e. The van der Waals surface area contributed by atoms with Crippen molar-refractivity contribution < 1.29 is 19.0 Å². The molecule has 0 radical (unpaired) electrons. The molecule has 4 heteroatoms. The SMILES string of the molecule is COc1ccc2c(c1)CCC(F)(C(=O)O)C2. The summed E-state index contributed by atoms with van der Waals surface area (Å²) in [5.41, 5.74) is -0.368. The number of fused-ring (bicyclic) bond motifs is 1. The maximum Gasteiger partial charge on any atom is 0.341 e. The van der Waals surface area contributed by atoms with Gasteiger partial charge in [-0.25, -0.2) is 9.18 Å². The fourth-order valence-electron chi connectivity index (χ4n) is 2.04. The lowest BCUT2D eigenvalue weighted by molar-refractivity contribution is -0.151. The second-order valence-electron chi connectivity index (χ2n) is 4.08. The number of rotatable bonds is 2. The van der Waals surface area contributed by atoms with E-state index in [1.165, 1.54) is 0 Å². The molecule has 2 rings (SSSR count). The van der Waals surface area contributed by atoms with Crippen molar-refractivity contribution in [3.05, 3.63) is 29.3 Å². The number of carbonyl (C=O) groups is 1. The maximum atomic E-state index is 13.9. The van der Waals surface area contributed by atoms with Gasteiger partial charge in [-0.1, -0.05) is 6.07 Å². The van der Waals surface area contributed by atoms with Crippen LogP contribution in [0, 0.1) is 0 Å². The van der Waals surface area contributed by atoms with E-state index in [0.29, 0.717) is 6.42 Å². The maximum absolute atomic E-state index is 13.9. The highest BCUT2D eigenvalue weighted by atomic mass is 19.1. The molecule has 0 fully saturated rings. The average molecular weight is 224 g/mol. The highest BCUT2D eigenvalue weighted by Crippen LogP contribution is 2.33. The van der Waals surface area contributed by atoms with Gasteiger partial charge >= 0.3 is 5.97 Å². The number of aryl methyl sites for hydroxylation is 1. The van der Waals surface area contributed by atoms with Crippen LogP contribution in [0.3, 0.4) is 0 Å². The molecule has 0 aliphatic heterocycles. The molecule has 0 spiro atoms. The van der Waals surface area contributed by atoms with Crippen LogP contribution < -0.4 is 4.74 Å². The van der Waals surface area contributed by atoms with Gasteiger partial charge in [0.05, 0.1) is 7.11 Å². The molecule has 86 valence electrons. The first-order valence-electron chi connectivity index (χ1n) is 5.13. The van der Waals surface area contributed by atoms with Crippen LogP contribution in [0.4, 0.5) is 4.39 Å². The summed E-state index contributed by atoms with van der Waals surface area (Å²) in [4.78, 5) is 10.8. The van der Waals surface area contributed by atoms with Gasteiger partial charge in [0.25, 0.3) is 0 Å². The molecule has 0 saturated carbocycles. The van der Waals surface area contributed by atoms with Crippen molar-refractivity contribution in [2.45, 2.75) is 24.9 Å². The molecule has 1 atom stereocenters. The van der Waals surface area contributed by atoms with Crippen LogP contribution in [0.5, 0.6) is 5.75 Å². The number of aliphatic carboxylic acids is 1. The smallest absolute Gasteiger partial charge is 0.341 e. The third kappa shape index (κ3) is 1.75. The fraction of sp³-hybridized carbons (Fsp3) is 0.417. The number of alkyl halides is 1. The average Bonchev–Trinajstić information content (AvgIpc) is 2.28. The molecule has 0 bridgehead atoms. The van der Waals surface area contributed by atoms with Crippen molar-refractivity contribution in [1.82, 2.24) is 0 Å². The van der Waals surface area contributed by atoms with Crippen LogP contribution in [0.25, 0.3) is 0 Å². The highest BCUT2D eigenvalue weighted by molar-refractivity contribution is 5.78. The van der Waals surface area contributed by atoms with E-state index in [9.17, 15) is 9.18 Å². The molecule has 3 nitrogen and oxygen atoms in total. The first-order valence-corrected chi connectivity index (χ1v) is 5.13. The predicted molar refractivity (Wildman–Crippen MR) is 56.5 cm³/mol. The Kier molecular flexibility index (Phi) is 2.58. The van der Waals surface area contributed by atoms with Crippen molar-refractivity contribution in [1.29, 1.82) is 0 Å². The number of hydrogen-bond donors (Lipinski definition) is 1. The molecular weight excluding hydrogens is 211 g/mol. The van der Waals surface area contributed by atoms with E-state index < -0.39 is 11.6 Å². The van der Waals surface area contributed by atoms with E-state index >= 15 is 0 Å². The summed E-state index contributed by atoms with van der Waals surface area (Å²) in [5, 5.41) is 8.82. The molecule has 0 saturated heterocycles. The van der Waals surface area contributed by atoms with E-state index in [-0.39, 0.29) is 12.8 Å². The summed E-state index contributed by atoms with van der Waals surface area (Å²) in [6.07, 6.45) is 0.416. The second kappa shape index (κ2) is 3.77. The lowest BCUT2D eigenvalue weighted by Crippen LogP contribution is -2.39. The number of methoxy groups -OCH3 is 1. The molecule has 1 aliphatic carbocycles. The molecule has 1 unspecified atom stereocenters. The largest absolute Gasteiger partial charge is 0.497 e. The summed E-state index contributed by atoms with van der Waals surface area (Å²) >= 11 is 0. The van der Waals surface area contributed by atoms with Gasteiger partial charge in [-0.15, -0.1) is 0 Å². The van der Waals surface area contributed by atoms with Crippen molar-refractivity contribution >= 4 is 5.97 Å². The number of hydrogen-bond acceptors (Lipinski definition) is 2. The molecule has 16 heavy (non-hydrogen) atoms. The molecule has 1 aromatic rings. The van der Waals surface area contributed by atoms with Crippen LogP contribution in [-0.4, -0.2) is 23.9 Å². The Morgan fingerprint density at radius 2 is 2.25 bits per heavy atom. The summed E-state index contributed by atoms with van der Waals surface area (Å²) in [6, 6.07) is 5.31. The van der Waals surface area contributed by atoms with Gasteiger partial charge in [-0.05, 0) is 36.1 Å². The topological polar surface area (TPSA) is 46.5 Å². The first kappa shape index (κ1) is 10.9. The van der Waals surface area contributed by atoms with Crippen LogP contribution in [-0.2, 0) is 17.6 Å². The minimum absolute atomic E-state index is 0.0303. The molecule has 0 heterocycles. The zero-order valence-electron chi connectivity index (χ0n) is 9.00. The van der Waals surface area contributed by atoms with E-state index in [2.05, 4.69) is 0 Å². The van der Waals surface area contributed by atoms with Gasteiger partial charge < -0.3 is 9.84 Å². The standard InChI is InChI=1S/C12H13FO3/c1-16-10-3-2-9-7-12(13,11(14)15)5-4-8(9)6-10/h2-3,6H,4-5,7H2,1H3,(H,14,15). The zero-order valence-corrected chi connectivity index (χ0v) is 9.00. The van der Waals surface area contributed by atoms with Crippen LogP contribution in [0.2, 0.25) is 0 Å². The fourth-order valence-corrected chi connectivity index (χ4v) is 2.04. The Morgan fingerprint density at radius 3 is 2.88 bits per heavy atom. The summed E-state index contributed by atoms with van der Waals surface area (Å²) in [6.45, 7) is 0. The predicted octanol–water partition coefficient (Wildman–Crippen LogP) is 1.98. The van der Waals surface area contributed by atoms with Gasteiger partial charge in [0.2, 0.25) is 5.67 Å². The summed E-state index contributed by atoms with van der Waals surface area (Å²) in [7, 11) is 1.57. The monoisotopic (exact) mass is 224 g/mol. The van der Waals surface area contributed by atoms with Gasteiger partial charge in [0, 0.05) is 6.42 Å². The Morgan fingerprint density at radius 1 is 1.50 bits per heavy atom. The molecule has 1 aliphatic rings. The molecule has 0 aromatic heterocycles. The Labute approximate surface area is 92.9 Å². The summed E-state index contributed by atoms with van der Waals surface area (Å²) in [5.74, 6) is -0.644. The normalized spacial score (nSPS) is 23.6. The van der Waals surface area contributed by atoms with Crippen LogP contribution in [0.1, 0.15) is 17.5 Å². The lowest BCUT2D eigenvalue weighted by Gasteiger charge is -2.27. The van der Waals surface area contributed by atoms with Gasteiger partial charge in [0.15, 0.2) is 0 Å². The van der Waals surface area contributed by atoms with E-state index in [1.807, 2.05) is 6.07 Å². The second-order valence-corrected chi connectivity index (χ2v) is 4.08. The highest BCUT2D eigenvalue weighted by Gasteiger charge is 2.41. The van der Waals surface area contributed by atoms with E-state index in [0.717, 1.165) is 16.9 Å². The third-order valence-electron chi connectivity index (χ3n) is 3.06. The first-order chi connectivity index (χ1) is 7.55. The lowest BCUT2D eigenvalue weighted by atomic mass is 9.81. The minimum atomic E-state index is -2.11. The Bertz CT molecular complexity index is 430. The van der Waals surface area contributed by atoms with Crippen molar-refractivity contribution in [2.75, 3.05) is 7.11 Å². The number of ether oxygens (including phenoxy) is 1. The molecule has 0 amide bonds. The Balaban J connectivity index is 2.32. The van der Waals surface area contributed by atoms with E-state index in [4.69, 9.17) is 9.84 Å². The van der Waals surface area contributed by atoms with Crippen molar-refractivity contribution in [3.63, 3.8) is 0 Å². The van der Waals surface area contributed by atoms with E-state index in [1.54, 1.807) is 19.2 Å².